The van der Waals surface area contributed by atoms with Crippen LogP contribution in [0.4, 0.5) is 0 Å². The third-order valence-corrected chi connectivity index (χ3v) is 6.26. The van der Waals surface area contributed by atoms with Crippen LogP contribution in [0.5, 0.6) is 11.5 Å². The average Bonchev–Trinajstić information content (AvgIpc) is 3.12. The van der Waals surface area contributed by atoms with E-state index in [-0.39, 0.29) is 5.56 Å². The molecule has 8 nitrogen and oxygen atoms in total. The quantitative estimate of drug-likeness (QED) is 0.413. The number of rotatable bonds is 5. The van der Waals surface area contributed by atoms with Crippen LogP contribution < -0.4 is 24.4 Å². The van der Waals surface area contributed by atoms with E-state index in [0.29, 0.717) is 37.7 Å². The van der Waals surface area contributed by atoms with Crippen molar-refractivity contribution in [2.75, 3.05) is 14.2 Å². The van der Waals surface area contributed by atoms with Gasteiger partial charge >= 0.3 is 11.9 Å². The minimum Gasteiger partial charge on any atom is -0.497 e. The minimum atomic E-state index is -0.705. The minimum absolute atomic E-state index is 0.295. The molecule has 2 heterocycles. The largest absolute Gasteiger partial charge is 0.497 e. The Morgan fingerprint density at radius 3 is 2.47 bits per heavy atom. The maximum atomic E-state index is 13.5. The summed E-state index contributed by atoms with van der Waals surface area (Å²) in [6, 6.07) is 13.3. The molecule has 0 amide bonds. The summed E-state index contributed by atoms with van der Waals surface area (Å²) in [4.78, 5) is 42.5. The van der Waals surface area contributed by atoms with Crippen LogP contribution >= 0.6 is 11.3 Å². The number of carbonyl (C=O) groups excluding carboxylic acids is 2. The van der Waals surface area contributed by atoms with Crippen molar-refractivity contribution in [2.24, 2.45) is 4.99 Å². The van der Waals surface area contributed by atoms with Gasteiger partial charge in [-0.15, -0.1) is 0 Å². The normalized spacial score (nSPS) is 15.4. The molecule has 0 fully saturated rings. The van der Waals surface area contributed by atoms with E-state index in [0.717, 1.165) is 5.56 Å². The highest BCUT2D eigenvalue weighted by Crippen LogP contribution is 2.31. The molecular weight excluding hydrogens is 456 g/mol. The van der Waals surface area contributed by atoms with Crippen LogP contribution in [0.3, 0.4) is 0 Å². The van der Waals surface area contributed by atoms with Crippen molar-refractivity contribution >= 4 is 29.4 Å². The Bertz CT molecular complexity index is 1480. The number of carbonyl (C=O) groups is 2. The molecule has 0 N–H and O–H groups in total. The Morgan fingerprint density at radius 2 is 1.82 bits per heavy atom. The summed E-state index contributed by atoms with van der Waals surface area (Å²) in [6.45, 7) is 3.05. The van der Waals surface area contributed by atoms with Crippen molar-refractivity contribution in [2.45, 2.75) is 19.9 Å². The predicted octanol–water partition coefficient (Wildman–Crippen LogP) is 2.34. The molecule has 1 aliphatic heterocycles. The number of thiazole rings is 1. The van der Waals surface area contributed by atoms with E-state index in [1.54, 1.807) is 56.5 Å². The molecule has 2 aromatic carbocycles. The monoisotopic (exact) mass is 478 g/mol. The van der Waals surface area contributed by atoms with E-state index in [2.05, 4.69) is 4.99 Å². The van der Waals surface area contributed by atoms with Gasteiger partial charge in [0, 0.05) is 6.92 Å². The number of allylic oxidation sites excluding steroid dienone is 1. The summed E-state index contributed by atoms with van der Waals surface area (Å²) < 4.78 is 17.3. The van der Waals surface area contributed by atoms with E-state index in [1.807, 2.05) is 12.1 Å². The molecule has 1 aromatic heterocycles. The second-order valence-electron chi connectivity index (χ2n) is 7.51. The third-order valence-electron chi connectivity index (χ3n) is 5.28. The zero-order chi connectivity index (χ0) is 24.4. The maximum Gasteiger partial charge on any atom is 0.338 e. The van der Waals surface area contributed by atoms with Crippen LogP contribution in [0.2, 0.25) is 0 Å². The van der Waals surface area contributed by atoms with Gasteiger partial charge in [-0.25, -0.2) is 9.79 Å². The maximum absolute atomic E-state index is 13.5. The molecule has 0 unspecified atom stereocenters. The van der Waals surface area contributed by atoms with E-state index < -0.39 is 18.0 Å². The van der Waals surface area contributed by atoms with Crippen molar-refractivity contribution in [1.29, 1.82) is 0 Å². The van der Waals surface area contributed by atoms with Gasteiger partial charge in [-0.1, -0.05) is 35.6 Å². The van der Waals surface area contributed by atoms with E-state index in [1.165, 1.54) is 29.9 Å². The van der Waals surface area contributed by atoms with Gasteiger partial charge in [-0.2, -0.15) is 0 Å². The zero-order valence-electron chi connectivity index (χ0n) is 19.0. The Hall–Kier alpha value is -3.98. The molecule has 3 aromatic rings. The fraction of sp³-hybridized carbons (Fsp3) is 0.200. The van der Waals surface area contributed by atoms with Crippen molar-refractivity contribution in [3.63, 3.8) is 0 Å². The smallest absolute Gasteiger partial charge is 0.338 e. The molecule has 4 rings (SSSR count). The Labute approximate surface area is 199 Å². The number of ether oxygens (including phenoxy) is 3. The van der Waals surface area contributed by atoms with Crippen LogP contribution in [-0.2, 0) is 14.3 Å². The van der Waals surface area contributed by atoms with Crippen molar-refractivity contribution < 1.29 is 23.8 Å². The summed E-state index contributed by atoms with van der Waals surface area (Å²) in [5, 5.41) is 0. The first-order chi connectivity index (χ1) is 16.3. The molecule has 0 bridgehead atoms. The number of esters is 2. The van der Waals surface area contributed by atoms with Crippen LogP contribution in [0.25, 0.3) is 6.08 Å². The lowest BCUT2D eigenvalue weighted by Gasteiger charge is -2.24. The van der Waals surface area contributed by atoms with Crippen LogP contribution in [0.1, 0.15) is 31.0 Å². The fourth-order valence-electron chi connectivity index (χ4n) is 3.78. The van der Waals surface area contributed by atoms with Gasteiger partial charge in [0.25, 0.3) is 5.56 Å². The van der Waals surface area contributed by atoms with E-state index >= 15 is 0 Å². The van der Waals surface area contributed by atoms with Gasteiger partial charge in [0.15, 0.2) is 4.80 Å². The molecule has 34 heavy (non-hydrogen) atoms. The first-order valence-corrected chi connectivity index (χ1v) is 11.2. The first-order valence-electron chi connectivity index (χ1n) is 10.4. The highest BCUT2D eigenvalue weighted by atomic mass is 32.1. The Morgan fingerprint density at radius 1 is 1.09 bits per heavy atom. The van der Waals surface area contributed by atoms with Gasteiger partial charge in [-0.05, 0) is 48.4 Å². The number of hydrogen-bond donors (Lipinski definition) is 0. The van der Waals surface area contributed by atoms with Crippen LogP contribution in [-0.4, -0.2) is 30.7 Å². The first kappa shape index (κ1) is 23.2. The molecular formula is C25H22N2O6S. The molecule has 0 aliphatic carbocycles. The van der Waals surface area contributed by atoms with Crippen LogP contribution in [0, 0.1) is 0 Å². The van der Waals surface area contributed by atoms with E-state index in [4.69, 9.17) is 14.2 Å². The van der Waals surface area contributed by atoms with Gasteiger partial charge in [0.1, 0.15) is 11.5 Å². The molecule has 9 heteroatoms. The van der Waals surface area contributed by atoms with Gasteiger partial charge in [0.05, 0.1) is 36.1 Å². The number of hydrogen-bond acceptors (Lipinski definition) is 8. The third kappa shape index (κ3) is 4.42. The molecule has 174 valence electrons. The molecule has 0 radical (unpaired) electrons. The number of aromatic nitrogens is 1. The highest BCUT2D eigenvalue weighted by molar-refractivity contribution is 7.07. The topological polar surface area (TPSA) is 96.2 Å². The zero-order valence-corrected chi connectivity index (χ0v) is 19.8. The lowest BCUT2D eigenvalue weighted by Crippen LogP contribution is -2.39. The van der Waals surface area contributed by atoms with Gasteiger partial charge < -0.3 is 14.2 Å². The molecule has 1 aliphatic rings. The lowest BCUT2D eigenvalue weighted by atomic mass is 9.96. The Kier molecular flexibility index (Phi) is 6.47. The molecule has 0 spiro atoms. The van der Waals surface area contributed by atoms with Crippen LogP contribution in [0.15, 0.2) is 69.6 Å². The average molecular weight is 479 g/mol. The standard InChI is InChI=1S/C25H22N2O6S/c1-14-21(24(30)32-4)22(17-8-10-18(31-3)11-9-17)27-23(29)20(34-25(27)26-14)13-16-6-5-7-19(12-16)33-15(2)28/h5-13,22H,1-4H3/b20-13+/t22-/m0/s1. The number of methoxy groups -OCH3 is 2. The van der Waals surface area contributed by atoms with Gasteiger partial charge in [0.2, 0.25) is 0 Å². The summed E-state index contributed by atoms with van der Waals surface area (Å²) in [6.07, 6.45) is 1.71. The van der Waals surface area contributed by atoms with Crippen molar-refractivity contribution in [3.05, 3.63) is 90.6 Å². The molecule has 0 saturated carbocycles. The number of fused-ring (bicyclic) bond motifs is 1. The van der Waals surface area contributed by atoms with E-state index in [9.17, 15) is 14.4 Å². The van der Waals surface area contributed by atoms with Crippen molar-refractivity contribution in [3.8, 4) is 11.5 Å². The predicted molar refractivity (Wildman–Crippen MR) is 127 cm³/mol. The second kappa shape index (κ2) is 9.48. The summed E-state index contributed by atoms with van der Waals surface area (Å²) >= 11 is 1.22. The SMILES string of the molecule is COC(=O)C1=C(C)N=c2s/c(=C/c3cccc(OC(C)=O)c3)c(=O)n2[C@H]1c1ccc(OC)cc1. The Balaban J connectivity index is 1.90. The highest BCUT2D eigenvalue weighted by Gasteiger charge is 2.33. The second-order valence-corrected chi connectivity index (χ2v) is 8.52. The summed E-state index contributed by atoms with van der Waals surface area (Å²) in [5.74, 6) is 0.0605. The number of benzene rings is 2. The summed E-state index contributed by atoms with van der Waals surface area (Å²) in [5.41, 5.74) is 1.89. The number of nitrogens with zero attached hydrogens (tertiary/aromatic N) is 2. The van der Waals surface area contributed by atoms with Crippen molar-refractivity contribution in [1.82, 2.24) is 4.57 Å². The molecule has 0 saturated heterocycles. The lowest BCUT2D eigenvalue weighted by molar-refractivity contribution is -0.136. The molecule has 1 atom stereocenters. The van der Waals surface area contributed by atoms with Gasteiger partial charge in [-0.3, -0.25) is 14.2 Å². The fourth-order valence-corrected chi connectivity index (χ4v) is 4.83. The summed E-state index contributed by atoms with van der Waals surface area (Å²) in [7, 11) is 2.87.